The normalized spacial score (nSPS) is 41.7. The van der Waals surface area contributed by atoms with Crippen LogP contribution in [0.1, 0.15) is 92.4 Å². The van der Waals surface area contributed by atoms with Gasteiger partial charge in [-0.3, -0.25) is 14.4 Å². The van der Waals surface area contributed by atoms with Crippen LogP contribution < -0.4 is 5.32 Å². The van der Waals surface area contributed by atoms with Crippen LogP contribution in [0.25, 0.3) is 0 Å². The van der Waals surface area contributed by atoms with Crippen molar-refractivity contribution in [2.45, 2.75) is 111 Å². The molecule has 0 aromatic rings. The van der Waals surface area contributed by atoms with E-state index in [9.17, 15) is 14.4 Å². The Labute approximate surface area is 198 Å². The van der Waals surface area contributed by atoms with Crippen molar-refractivity contribution in [3.8, 4) is 0 Å². The summed E-state index contributed by atoms with van der Waals surface area (Å²) in [4.78, 5) is 36.1. The highest BCUT2D eigenvalue weighted by molar-refractivity contribution is 5.74. The summed E-state index contributed by atoms with van der Waals surface area (Å²) in [5.74, 6) is 1.17. The molecular weight excluding hydrogens is 418 g/mol. The van der Waals surface area contributed by atoms with Gasteiger partial charge in [0.2, 0.25) is 5.91 Å². The summed E-state index contributed by atoms with van der Waals surface area (Å²) in [6, 6.07) is -0.126. The predicted octanol–water partition coefficient (Wildman–Crippen LogP) is 4.71. The van der Waals surface area contributed by atoms with Crippen LogP contribution in [0.5, 0.6) is 0 Å². The number of esters is 2. The Kier molecular flexibility index (Phi) is 6.67. The molecule has 3 fully saturated rings. The number of fused-ring (bicyclic) bond motifs is 5. The van der Waals surface area contributed by atoms with E-state index >= 15 is 0 Å². The number of carbonyl (C=O) groups excluding carboxylic acids is 3. The molecule has 3 saturated carbocycles. The Bertz CT molecular complexity index is 836. The molecule has 6 nitrogen and oxygen atoms in total. The van der Waals surface area contributed by atoms with Crippen molar-refractivity contribution in [2.75, 3.05) is 0 Å². The average Bonchev–Trinajstić information content (AvgIpc) is 3.04. The van der Waals surface area contributed by atoms with E-state index in [4.69, 9.17) is 9.47 Å². The van der Waals surface area contributed by atoms with E-state index in [1.807, 2.05) is 13.8 Å². The van der Waals surface area contributed by atoms with Gasteiger partial charge >= 0.3 is 11.9 Å². The summed E-state index contributed by atoms with van der Waals surface area (Å²) >= 11 is 0. The Morgan fingerprint density at radius 3 is 2.39 bits per heavy atom. The van der Waals surface area contributed by atoms with Crippen molar-refractivity contribution in [3.63, 3.8) is 0 Å². The molecule has 0 saturated heterocycles. The van der Waals surface area contributed by atoms with Gasteiger partial charge in [0, 0.05) is 26.2 Å². The van der Waals surface area contributed by atoms with Gasteiger partial charge in [-0.2, -0.15) is 0 Å². The van der Waals surface area contributed by atoms with E-state index in [0.717, 1.165) is 44.9 Å². The first-order chi connectivity index (χ1) is 15.6. The van der Waals surface area contributed by atoms with Gasteiger partial charge in [-0.25, -0.2) is 0 Å². The number of hydrogen-bond acceptors (Lipinski definition) is 5. The van der Waals surface area contributed by atoms with Crippen molar-refractivity contribution in [1.29, 1.82) is 0 Å². The highest BCUT2D eigenvalue weighted by atomic mass is 16.5. The molecule has 33 heavy (non-hydrogen) atoms. The fourth-order valence-electron chi connectivity index (χ4n) is 7.83. The van der Waals surface area contributed by atoms with Crippen molar-refractivity contribution in [2.24, 2.45) is 28.6 Å². The summed E-state index contributed by atoms with van der Waals surface area (Å²) in [7, 11) is 0. The summed E-state index contributed by atoms with van der Waals surface area (Å²) in [5.41, 5.74) is 1.54. The van der Waals surface area contributed by atoms with Gasteiger partial charge in [-0.05, 0) is 67.1 Å². The highest BCUT2D eigenvalue weighted by Crippen LogP contribution is 2.65. The van der Waals surface area contributed by atoms with Crippen molar-refractivity contribution < 1.29 is 23.9 Å². The minimum absolute atomic E-state index is 0.00986. The van der Waals surface area contributed by atoms with Crippen molar-refractivity contribution in [1.82, 2.24) is 5.32 Å². The van der Waals surface area contributed by atoms with Gasteiger partial charge < -0.3 is 14.8 Å². The molecular formula is C27H41NO5. The second-order valence-electron chi connectivity index (χ2n) is 11.3. The predicted molar refractivity (Wildman–Crippen MR) is 125 cm³/mol. The topological polar surface area (TPSA) is 81.7 Å². The van der Waals surface area contributed by atoms with Crippen LogP contribution in [0.2, 0.25) is 0 Å². The molecule has 0 unspecified atom stereocenters. The molecule has 0 spiro atoms. The lowest BCUT2D eigenvalue weighted by Crippen LogP contribution is -2.55. The van der Waals surface area contributed by atoms with E-state index in [1.165, 1.54) is 5.57 Å². The van der Waals surface area contributed by atoms with E-state index in [1.54, 1.807) is 6.92 Å². The fourth-order valence-corrected chi connectivity index (χ4v) is 7.83. The van der Waals surface area contributed by atoms with E-state index in [0.29, 0.717) is 30.6 Å². The minimum atomic E-state index is -0.252. The molecule has 6 heteroatoms. The molecule has 0 aromatic heterocycles. The molecule has 0 radical (unpaired) electrons. The van der Waals surface area contributed by atoms with Crippen LogP contribution in [-0.4, -0.2) is 36.1 Å². The molecule has 4 aliphatic rings. The molecule has 4 rings (SSSR count). The number of carbonyl (C=O) groups is 3. The quantitative estimate of drug-likeness (QED) is 0.476. The number of rotatable bonds is 5. The molecule has 0 aromatic carbocycles. The van der Waals surface area contributed by atoms with Crippen molar-refractivity contribution >= 4 is 17.8 Å². The molecule has 4 aliphatic carbocycles. The smallest absolute Gasteiger partial charge is 0.305 e. The third-order valence-electron chi connectivity index (χ3n) is 9.58. The fraction of sp³-hybridized carbons (Fsp3) is 0.815. The third-order valence-corrected chi connectivity index (χ3v) is 9.58. The van der Waals surface area contributed by atoms with Crippen LogP contribution in [0.15, 0.2) is 11.6 Å². The first-order valence-electron chi connectivity index (χ1n) is 13.0. The lowest BCUT2D eigenvalue weighted by molar-refractivity contribution is -0.151. The average molecular weight is 460 g/mol. The first-order valence-corrected chi connectivity index (χ1v) is 13.0. The minimum Gasteiger partial charge on any atom is -0.462 e. The number of nitrogens with one attached hydrogen (secondary N) is 1. The van der Waals surface area contributed by atoms with Crippen LogP contribution in [0.3, 0.4) is 0 Å². The molecule has 1 amide bonds. The van der Waals surface area contributed by atoms with E-state index in [2.05, 4.69) is 25.2 Å². The standard InChI is InChI=1S/C27H41NO5/c1-6-23(30)32-18-10-12-26(4)17(14-18)8-9-19-20(26)11-13-27(5)21(19)15-22(33-24(31)7-2)25(27)28-16(3)29/h8,18-22,25H,6-7,9-15H2,1-5H3,(H,28,29)/t18-,19-,20+,21+,22-,25+,26+,27+/m1/s1. The van der Waals surface area contributed by atoms with Gasteiger partial charge in [-0.15, -0.1) is 0 Å². The molecule has 1 N–H and O–H groups in total. The molecule has 0 bridgehead atoms. The maximum Gasteiger partial charge on any atom is 0.305 e. The zero-order chi connectivity index (χ0) is 24.0. The number of hydrogen-bond donors (Lipinski definition) is 1. The van der Waals surface area contributed by atoms with Crippen molar-refractivity contribution in [3.05, 3.63) is 11.6 Å². The Morgan fingerprint density at radius 2 is 1.73 bits per heavy atom. The maximum atomic E-state index is 12.2. The number of amides is 1. The van der Waals surface area contributed by atoms with Gasteiger partial charge in [0.15, 0.2) is 0 Å². The maximum absolute atomic E-state index is 12.2. The first kappa shape index (κ1) is 24.3. The Morgan fingerprint density at radius 1 is 1.03 bits per heavy atom. The molecule has 0 heterocycles. The highest BCUT2D eigenvalue weighted by Gasteiger charge is 2.62. The van der Waals surface area contributed by atoms with E-state index < -0.39 is 0 Å². The van der Waals surface area contributed by atoms with Gasteiger partial charge in [-0.1, -0.05) is 39.3 Å². The zero-order valence-electron chi connectivity index (χ0n) is 20.9. The van der Waals surface area contributed by atoms with Crippen LogP contribution >= 0.6 is 0 Å². The van der Waals surface area contributed by atoms with Crippen LogP contribution in [-0.2, 0) is 23.9 Å². The number of allylic oxidation sites excluding steroid dienone is 1. The largest absolute Gasteiger partial charge is 0.462 e. The second kappa shape index (κ2) is 9.07. The SMILES string of the molecule is CCC(=O)O[C@@H]1CC[C@@]2(C)C(=CC[C@H]3[C@@H]4C[C@@H](OC(=O)CC)[C@H](NC(C)=O)[C@@]4(C)CC[C@@H]32)C1. The monoisotopic (exact) mass is 459 g/mol. The third kappa shape index (κ3) is 4.23. The molecule has 184 valence electrons. The zero-order valence-corrected chi connectivity index (χ0v) is 20.9. The second-order valence-corrected chi connectivity index (χ2v) is 11.3. The lowest BCUT2D eigenvalue weighted by atomic mass is 9.48. The van der Waals surface area contributed by atoms with Gasteiger partial charge in [0.25, 0.3) is 0 Å². The summed E-state index contributed by atoms with van der Waals surface area (Å²) < 4.78 is 11.6. The summed E-state index contributed by atoms with van der Waals surface area (Å²) in [6.07, 6.45) is 9.79. The Hall–Kier alpha value is -1.85. The van der Waals surface area contributed by atoms with Gasteiger partial charge in [0.1, 0.15) is 12.2 Å². The van der Waals surface area contributed by atoms with Crippen LogP contribution in [0.4, 0.5) is 0 Å². The lowest BCUT2D eigenvalue weighted by Gasteiger charge is -2.57. The molecule has 8 atom stereocenters. The number of ether oxygens (including phenoxy) is 2. The van der Waals surface area contributed by atoms with Crippen LogP contribution in [0, 0.1) is 28.6 Å². The van der Waals surface area contributed by atoms with Gasteiger partial charge in [0.05, 0.1) is 6.04 Å². The summed E-state index contributed by atoms with van der Waals surface area (Å²) in [6.45, 7) is 9.95. The van der Waals surface area contributed by atoms with E-state index in [-0.39, 0.29) is 46.9 Å². The Balaban J connectivity index is 1.58. The molecule has 0 aliphatic heterocycles. The summed E-state index contributed by atoms with van der Waals surface area (Å²) in [5, 5.41) is 3.17.